The van der Waals surface area contributed by atoms with Crippen molar-refractivity contribution in [2.45, 2.75) is 39.8 Å². The Kier molecular flexibility index (Phi) is 4.86. The number of amides is 1. The van der Waals surface area contributed by atoms with E-state index in [4.69, 9.17) is 0 Å². The predicted molar refractivity (Wildman–Crippen MR) is 74.2 cm³/mol. The zero-order valence-electron chi connectivity index (χ0n) is 11.9. The number of aromatic nitrogens is 5. The number of hydrogen-bond acceptors (Lipinski definition) is 4. The summed E-state index contributed by atoms with van der Waals surface area (Å²) in [5.74, 6) is -0.0663. The van der Waals surface area contributed by atoms with Gasteiger partial charge in [-0.25, -0.2) is 0 Å². The first-order valence-electron chi connectivity index (χ1n) is 6.87. The Labute approximate surface area is 118 Å². The van der Waals surface area contributed by atoms with Crippen LogP contribution in [0.15, 0.2) is 18.6 Å². The van der Waals surface area contributed by atoms with Crippen molar-refractivity contribution in [1.29, 1.82) is 0 Å². The molecule has 0 fully saturated rings. The van der Waals surface area contributed by atoms with Gasteiger partial charge in [0.2, 0.25) is 0 Å². The van der Waals surface area contributed by atoms with Crippen LogP contribution in [0.4, 0.5) is 0 Å². The summed E-state index contributed by atoms with van der Waals surface area (Å²) in [4.78, 5) is 12.0. The van der Waals surface area contributed by atoms with Crippen LogP contribution in [0.5, 0.6) is 0 Å². The van der Waals surface area contributed by atoms with Crippen LogP contribution in [0.25, 0.3) is 0 Å². The molecule has 0 aromatic carbocycles. The summed E-state index contributed by atoms with van der Waals surface area (Å²) < 4.78 is 3.61. The highest BCUT2D eigenvalue weighted by atomic mass is 16.1. The average molecular weight is 276 g/mol. The standard InChI is InChI=1S/C13H20N6O/c1-3-7-19-11(2)12(10-16-19)13(20)14-5-4-8-18-9-6-15-17-18/h6,9-10H,3-5,7-8H2,1-2H3,(H,14,20). The van der Waals surface area contributed by atoms with Crippen molar-refractivity contribution in [3.63, 3.8) is 0 Å². The Bertz CT molecular complexity index is 545. The number of nitrogens with zero attached hydrogens (tertiary/aromatic N) is 5. The van der Waals surface area contributed by atoms with Crippen molar-refractivity contribution >= 4 is 5.91 Å². The summed E-state index contributed by atoms with van der Waals surface area (Å²) in [5, 5.41) is 14.7. The summed E-state index contributed by atoms with van der Waals surface area (Å²) in [6.07, 6.45) is 6.90. The van der Waals surface area contributed by atoms with Gasteiger partial charge in [-0.3, -0.25) is 14.2 Å². The highest BCUT2D eigenvalue weighted by molar-refractivity contribution is 5.94. The van der Waals surface area contributed by atoms with Crippen molar-refractivity contribution in [2.75, 3.05) is 6.54 Å². The van der Waals surface area contributed by atoms with E-state index in [2.05, 4.69) is 27.7 Å². The lowest BCUT2D eigenvalue weighted by atomic mass is 10.2. The Balaban J connectivity index is 1.79. The minimum Gasteiger partial charge on any atom is -0.352 e. The van der Waals surface area contributed by atoms with Gasteiger partial charge in [0.15, 0.2) is 0 Å². The second-order valence-corrected chi connectivity index (χ2v) is 4.64. The number of carbonyl (C=O) groups excluding carboxylic acids is 1. The zero-order valence-corrected chi connectivity index (χ0v) is 11.9. The fraction of sp³-hybridized carbons (Fsp3) is 0.538. The van der Waals surface area contributed by atoms with Gasteiger partial charge in [0.25, 0.3) is 5.91 Å². The van der Waals surface area contributed by atoms with Crippen molar-refractivity contribution < 1.29 is 4.79 Å². The predicted octanol–water partition coefficient (Wildman–Crippen LogP) is 1.01. The maximum Gasteiger partial charge on any atom is 0.254 e. The molecule has 2 rings (SSSR count). The number of hydrogen-bond donors (Lipinski definition) is 1. The lowest BCUT2D eigenvalue weighted by Gasteiger charge is -2.06. The molecule has 2 aromatic heterocycles. The third-order valence-electron chi connectivity index (χ3n) is 3.10. The van der Waals surface area contributed by atoms with E-state index >= 15 is 0 Å². The number of rotatable bonds is 7. The van der Waals surface area contributed by atoms with E-state index in [0.717, 1.165) is 31.6 Å². The second-order valence-electron chi connectivity index (χ2n) is 4.64. The van der Waals surface area contributed by atoms with Crippen LogP contribution >= 0.6 is 0 Å². The number of carbonyl (C=O) groups is 1. The second kappa shape index (κ2) is 6.83. The molecule has 0 saturated heterocycles. The maximum atomic E-state index is 12.0. The van der Waals surface area contributed by atoms with E-state index in [1.54, 1.807) is 23.3 Å². The summed E-state index contributed by atoms with van der Waals surface area (Å²) in [6.45, 7) is 6.20. The zero-order chi connectivity index (χ0) is 14.4. The molecular weight excluding hydrogens is 256 g/mol. The molecule has 2 aromatic rings. The molecule has 0 atom stereocenters. The van der Waals surface area contributed by atoms with Crippen LogP contribution in [0, 0.1) is 6.92 Å². The number of nitrogens with one attached hydrogen (secondary N) is 1. The summed E-state index contributed by atoms with van der Waals surface area (Å²) in [6, 6.07) is 0. The molecule has 0 aliphatic carbocycles. The molecule has 0 unspecified atom stereocenters. The van der Waals surface area contributed by atoms with Crippen LogP contribution in [0.3, 0.4) is 0 Å². The normalized spacial score (nSPS) is 10.7. The van der Waals surface area contributed by atoms with Gasteiger partial charge in [-0.2, -0.15) is 5.10 Å². The van der Waals surface area contributed by atoms with Gasteiger partial charge in [-0.05, 0) is 19.8 Å². The van der Waals surface area contributed by atoms with Crippen molar-refractivity contribution in [3.05, 3.63) is 29.8 Å². The van der Waals surface area contributed by atoms with E-state index in [9.17, 15) is 4.79 Å². The van der Waals surface area contributed by atoms with Crippen LogP contribution in [-0.4, -0.2) is 37.2 Å². The molecule has 0 radical (unpaired) electrons. The lowest BCUT2D eigenvalue weighted by Crippen LogP contribution is -2.25. The fourth-order valence-electron chi connectivity index (χ4n) is 2.00. The molecule has 2 heterocycles. The largest absolute Gasteiger partial charge is 0.352 e. The Morgan fingerprint density at radius 2 is 2.25 bits per heavy atom. The quantitative estimate of drug-likeness (QED) is 0.766. The number of aryl methyl sites for hydroxylation is 2. The van der Waals surface area contributed by atoms with E-state index in [0.29, 0.717) is 12.1 Å². The van der Waals surface area contributed by atoms with Gasteiger partial charge in [0.1, 0.15) is 0 Å². The molecule has 0 aliphatic heterocycles. The summed E-state index contributed by atoms with van der Waals surface area (Å²) >= 11 is 0. The molecule has 7 nitrogen and oxygen atoms in total. The van der Waals surface area contributed by atoms with E-state index in [-0.39, 0.29) is 5.91 Å². The highest BCUT2D eigenvalue weighted by Gasteiger charge is 2.13. The molecule has 20 heavy (non-hydrogen) atoms. The van der Waals surface area contributed by atoms with Gasteiger partial charge in [0.05, 0.1) is 18.0 Å². The smallest absolute Gasteiger partial charge is 0.254 e. The molecular formula is C13H20N6O. The molecule has 7 heteroatoms. The average Bonchev–Trinajstić information content (AvgIpc) is 3.06. The third kappa shape index (κ3) is 3.43. The highest BCUT2D eigenvalue weighted by Crippen LogP contribution is 2.07. The fourth-order valence-corrected chi connectivity index (χ4v) is 2.00. The minimum absolute atomic E-state index is 0.0663. The van der Waals surface area contributed by atoms with Gasteiger partial charge < -0.3 is 5.32 Å². The Morgan fingerprint density at radius 3 is 2.95 bits per heavy atom. The molecule has 0 saturated carbocycles. The lowest BCUT2D eigenvalue weighted by molar-refractivity contribution is 0.0952. The van der Waals surface area contributed by atoms with E-state index < -0.39 is 0 Å². The third-order valence-corrected chi connectivity index (χ3v) is 3.10. The molecule has 0 spiro atoms. The Hall–Kier alpha value is -2.18. The molecule has 108 valence electrons. The molecule has 0 bridgehead atoms. The first-order valence-corrected chi connectivity index (χ1v) is 6.87. The minimum atomic E-state index is -0.0663. The molecule has 1 N–H and O–H groups in total. The molecule has 1 amide bonds. The summed E-state index contributed by atoms with van der Waals surface area (Å²) in [7, 11) is 0. The first kappa shape index (κ1) is 14.2. The van der Waals surface area contributed by atoms with E-state index in [1.807, 2.05) is 11.6 Å². The van der Waals surface area contributed by atoms with Crippen molar-refractivity contribution in [3.8, 4) is 0 Å². The van der Waals surface area contributed by atoms with Gasteiger partial charge >= 0.3 is 0 Å². The van der Waals surface area contributed by atoms with Gasteiger partial charge in [0, 0.05) is 31.5 Å². The van der Waals surface area contributed by atoms with Crippen LogP contribution < -0.4 is 5.32 Å². The van der Waals surface area contributed by atoms with Gasteiger partial charge in [-0.15, -0.1) is 5.10 Å². The maximum absolute atomic E-state index is 12.0. The Morgan fingerprint density at radius 1 is 1.40 bits per heavy atom. The monoisotopic (exact) mass is 276 g/mol. The van der Waals surface area contributed by atoms with E-state index in [1.165, 1.54) is 0 Å². The summed E-state index contributed by atoms with van der Waals surface area (Å²) in [5.41, 5.74) is 1.57. The first-order chi connectivity index (χ1) is 9.72. The van der Waals surface area contributed by atoms with Gasteiger partial charge in [-0.1, -0.05) is 12.1 Å². The van der Waals surface area contributed by atoms with Crippen molar-refractivity contribution in [1.82, 2.24) is 30.1 Å². The SMILES string of the molecule is CCCn1ncc(C(=O)NCCCn2ccnn2)c1C. The van der Waals surface area contributed by atoms with Crippen molar-refractivity contribution in [2.24, 2.45) is 0 Å². The van der Waals surface area contributed by atoms with Crippen LogP contribution in [0.1, 0.15) is 35.8 Å². The molecule has 0 aliphatic rings. The van der Waals surface area contributed by atoms with Crippen LogP contribution in [0.2, 0.25) is 0 Å². The topological polar surface area (TPSA) is 77.6 Å². The van der Waals surface area contributed by atoms with Crippen LogP contribution in [-0.2, 0) is 13.1 Å².